The van der Waals surface area contributed by atoms with Crippen molar-refractivity contribution < 1.29 is 19.2 Å². The van der Waals surface area contributed by atoms with Crippen molar-refractivity contribution >= 4 is 17.7 Å². The highest BCUT2D eigenvalue weighted by Gasteiger charge is 2.28. The molecule has 2 amide bonds. The summed E-state index contributed by atoms with van der Waals surface area (Å²) in [5, 5.41) is 10.7. The Kier molecular flexibility index (Phi) is 6.41. The number of benzene rings is 1. The van der Waals surface area contributed by atoms with Crippen molar-refractivity contribution in [2.75, 3.05) is 26.7 Å². The van der Waals surface area contributed by atoms with Crippen LogP contribution in [0.1, 0.15) is 44.0 Å². The Labute approximate surface area is 159 Å². The van der Waals surface area contributed by atoms with E-state index in [1.807, 2.05) is 20.8 Å². The first-order valence-electron chi connectivity index (χ1n) is 9.04. The number of rotatable bonds is 4. The second kappa shape index (κ2) is 8.37. The molecule has 1 aromatic rings. The molecule has 1 saturated heterocycles. The lowest BCUT2D eigenvalue weighted by Gasteiger charge is -2.35. The van der Waals surface area contributed by atoms with Crippen molar-refractivity contribution in [1.82, 2.24) is 9.80 Å². The fraction of sp³-hybridized carbons (Fsp3) is 0.579. The monoisotopic (exact) mass is 377 g/mol. The molecule has 1 aliphatic rings. The molecule has 1 aliphatic heterocycles. The molecule has 0 N–H and O–H groups in total. The van der Waals surface area contributed by atoms with Crippen LogP contribution in [-0.4, -0.2) is 59.0 Å². The van der Waals surface area contributed by atoms with Gasteiger partial charge < -0.3 is 14.5 Å². The van der Waals surface area contributed by atoms with Gasteiger partial charge in [-0.3, -0.25) is 14.9 Å². The smallest absolute Gasteiger partial charge is 0.410 e. The van der Waals surface area contributed by atoms with Crippen molar-refractivity contribution in [2.24, 2.45) is 5.92 Å². The Morgan fingerprint density at radius 1 is 1.30 bits per heavy atom. The zero-order valence-corrected chi connectivity index (χ0v) is 16.3. The number of ether oxygens (including phenoxy) is 1. The number of carbonyl (C=O) groups is 2. The van der Waals surface area contributed by atoms with Gasteiger partial charge >= 0.3 is 6.09 Å². The Morgan fingerprint density at radius 3 is 2.48 bits per heavy atom. The Morgan fingerprint density at radius 2 is 1.93 bits per heavy atom. The normalized spacial score (nSPS) is 17.3. The van der Waals surface area contributed by atoms with Crippen molar-refractivity contribution in [3.05, 3.63) is 39.9 Å². The molecule has 1 atom stereocenters. The Hall–Kier alpha value is -2.64. The van der Waals surface area contributed by atoms with E-state index in [4.69, 9.17) is 4.74 Å². The third-order valence-electron chi connectivity index (χ3n) is 4.37. The molecule has 1 aromatic carbocycles. The summed E-state index contributed by atoms with van der Waals surface area (Å²) >= 11 is 0. The summed E-state index contributed by atoms with van der Waals surface area (Å²) in [5.41, 5.74) is -0.153. The van der Waals surface area contributed by atoms with Crippen LogP contribution in [0.3, 0.4) is 0 Å². The minimum absolute atomic E-state index is 0.0398. The van der Waals surface area contributed by atoms with E-state index in [9.17, 15) is 19.7 Å². The third-order valence-corrected chi connectivity index (χ3v) is 4.37. The van der Waals surface area contributed by atoms with E-state index in [2.05, 4.69) is 0 Å². The molecular formula is C19H27N3O5. The number of nitro benzene ring substituents is 1. The van der Waals surface area contributed by atoms with E-state index in [1.54, 1.807) is 16.8 Å². The van der Waals surface area contributed by atoms with Gasteiger partial charge in [-0.2, -0.15) is 0 Å². The van der Waals surface area contributed by atoms with Gasteiger partial charge in [0.15, 0.2) is 0 Å². The zero-order chi connectivity index (χ0) is 20.2. The minimum atomic E-state index is -0.546. The van der Waals surface area contributed by atoms with E-state index in [0.717, 1.165) is 12.8 Å². The number of likely N-dealkylation sites (tertiary alicyclic amines) is 1. The summed E-state index contributed by atoms with van der Waals surface area (Å²) < 4.78 is 5.37. The lowest BCUT2D eigenvalue weighted by Crippen LogP contribution is -2.45. The number of carbonyl (C=O) groups excluding carboxylic acids is 2. The van der Waals surface area contributed by atoms with Crippen LogP contribution in [0.2, 0.25) is 0 Å². The van der Waals surface area contributed by atoms with Gasteiger partial charge in [0.2, 0.25) is 0 Å². The number of amides is 2. The second-order valence-electron chi connectivity index (χ2n) is 7.92. The Balaban J connectivity index is 1.95. The average molecular weight is 377 g/mol. The maximum atomic E-state index is 12.7. The van der Waals surface area contributed by atoms with Crippen molar-refractivity contribution in [1.29, 1.82) is 0 Å². The van der Waals surface area contributed by atoms with Gasteiger partial charge in [0, 0.05) is 44.4 Å². The summed E-state index contributed by atoms with van der Waals surface area (Å²) in [7, 11) is 1.70. The number of piperidine rings is 1. The fourth-order valence-electron chi connectivity index (χ4n) is 3.11. The van der Waals surface area contributed by atoms with Crippen LogP contribution >= 0.6 is 0 Å². The molecule has 8 nitrogen and oxygen atoms in total. The molecule has 1 unspecified atom stereocenters. The number of hydrogen-bond acceptors (Lipinski definition) is 5. The highest BCUT2D eigenvalue weighted by Crippen LogP contribution is 2.21. The lowest BCUT2D eigenvalue weighted by molar-refractivity contribution is -0.384. The van der Waals surface area contributed by atoms with Crippen LogP contribution < -0.4 is 0 Å². The standard InChI is InChI=1S/C19H27N3O5/c1-19(2,3)27-18(24)20(4)12-14-6-5-11-21(13-14)17(23)15-7-9-16(10-8-15)22(25)26/h7-10,14H,5-6,11-13H2,1-4H3. The molecule has 0 spiro atoms. The van der Waals surface area contributed by atoms with Crippen molar-refractivity contribution in [3.8, 4) is 0 Å². The highest BCUT2D eigenvalue weighted by atomic mass is 16.6. The van der Waals surface area contributed by atoms with E-state index in [-0.39, 0.29) is 23.6 Å². The van der Waals surface area contributed by atoms with E-state index >= 15 is 0 Å². The van der Waals surface area contributed by atoms with Crippen molar-refractivity contribution in [3.63, 3.8) is 0 Å². The predicted molar refractivity (Wildman–Crippen MR) is 101 cm³/mol. The SMILES string of the molecule is CN(CC1CCCN(C(=O)c2ccc([N+](=O)[O-])cc2)C1)C(=O)OC(C)(C)C. The topological polar surface area (TPSA) is 93.0 Å². The molecule has 0 bridgehead atoms. The zero-order valence-electron chi connectivity index (χ0n) is 16.3. The molecule has 0 radical (unpaired) electrons. The van der Waals surface area contributed by atoms with Crippen LogP contribution in [0.5, 0.6) is 0 Å². The summed E-state index contributed by atoms with van der Waals surface area (Å²) in [5.74, 6) is 0.0211. The van der Waals surface area contributed by atoms with Gasteiger partial charge in [-0.1, -0.05) is 0 Å². The number of non-ortho nitro benzene ring substituents is 1. The third kappa shape index (κ3) is 5.94. The first-order chi connectivity index (χ1) is 12.6. The van der Waals surface area contributed by atoms with Gasteiger partial charge in [-0.25, -0.2) is 4.79 Å². The number of nitro groups is 1. The summed E-state index contributed by atoms with van der Waals surface area (Å²) in [6.07, 6.45) is 1.41. The van der Waals surface area contributed by atoms with E-state index in [0.29, 0.717) is 25.2 Å². The molecule has 1 heterocycles. The van der Waals surface area contributed by atoms with Crippen LogP contribution in [0, 0.1) is 16.0 Å². The van der Waals surface area contributed by atoms with Gasteiger partial charge in [0.05, 0.1) is 4.92 Å². The molecule has 27 heavy (non-hydrogen) atoms. The molecular weight excluding hydrogens is 350 g/mol. The number of hydrogen-bond donors (Lipinski definition) is 0. The summed E-state index contributed by atoms with van der Waals surface area (Å²) in [6.45, 7) is 7.17. The van der Waals surface area contributed by atoms with E-state index in [1.165, 1.54) is 24.3 Å². The largest absolute Gasteiger partial charge is 0.444 e. The molecule has 148 valence electrons. The van der Waals surface area contributed by atoms with Gasteiger partial charge in [-0.05, 0) is 51.7 Å². The van der Waals surface area contributed by atoms with Crippen molar-refractivity contribution in [2.45, 2.75) is 39.2 Å². The molecule has 2 rings (SSSR count). The molecule has 1 fully saturated rings. The quantitative estimate of drug-likeness (QED) is 0.593. The first kappa shape index (κ1) is 20.7. The fourth-order valence-corrected chi connectivity index (χ4v) is 3.11. The first-order valence-corrected chi connectivity index (χ1v) is 9.04. The summed E-state index contributed by atoms with van der Waals surface area (Å²) in [4.78, 5) is 38.4. The molecule has 0 saturated carbocycles. The highest BCUT2D eigenvalue weighted by molar-refractivity contribution is 5.94. The molecule has 0 aliphatic carbocycles. The predicted octanol–water partition coefficient (Wildman–Crippen LogP) is 3.31. The maximum Gasteiger partial charge on any atom is 0.410 e. The van der Waals surface area contributed by atoms with Gasteiger partial charge in [-0.15, -0.1) is 0 Å². The van der Waals surface area contributed by atoms with E-state index < -0.39 is 10.5 Å². The van der Waals surface area contributed by atoms with Crippen LogP contribution in [0.15, 0.2) is 24.3 Å². The maximum absolute atomic E-state index is 12.7. The molecule has 0 aromatic heterocycles. The van der Waals surface area contributed by atoms with Crippen LogP contribution in [0.25, 0.3) is 0 Å². The van der Waals surface area contributed by atoms with Gasteiger partial charge in [0.1, 0.15) is 5.60 Å². The molecule has 8 heteroatoms. The average Bonchev–Trinajstić information content (AvgIpc) is 2.60. The second-order valence-corrected chi connectivity index (χ2v) is 7.92. The van der Waals surface area contributed by atoms with Gasteiger partial charge in [0.25, 0.3) is 11.6 Å². The Bertz CT molecular complexity index is 696. The van der Waals surface area contributed by atoms with Crippen LogP contribution in [-0.2, 0) is 4.74 Å². The minimum Gasteiger partial charge on any atom is -0.444 e. The number of nitrogens with zero attached hydrogens (tertiary/aromatic N) is 3. The summed E-state index contributed by atoms with van der Waals surface area (Å²) in [6, 6.07) is 5.64. The lowest BCUT2D eigenvalue weighted by atomic mass is 9.97. The van der Waals surface area contributed by atoms with Crippen LogP contribution in [0.4, 0.5) is 10.5 Å².